The fraction of sp³-hybridized carbons (Fsp3) is 0.143. The first-order valence-electron chi connectivity index (χ1n) is 7.76. The molecular weight excluding hydrogens is 300 g/mol. The molecule has 1 nitrogen and oxygen atoms in total. The molecule has 0 bridgehead atoms. The van der Waals surface area contributed by atoms with E-state index in [1.54, 1.807) is 0 Å². The van der Waals surface area contributed by atoms with Gasteiger partial charge in [0.1, 0.15) is 0 Å². The average molecular weight is 320 g/mol. The quantitative estimate of drug-likeness (QED) is 0.644. The molecule has 1 unspecified atom stereocenters. The van der Waals surface area contributed by atoms with Crippen LogP contribution in [0.5, 0.6) is 0 Å². The zero-order chi connectivity index (χ0) is 16.1. The van der Waals surface area contributed by atoms with E-state index in [2.05, 4.69) is 55.5 Å². The summed E-state index contributed by atoms with van der Waals surface area (Å²) >= 11 is 0. The molecule has 0 N–H and O–H groups in total. The first kappa shape index (κ1) is 15.7. The van der Waals surface area contributed by atoms with Gasteiger partial charge in [-0.3, -0.25) is 4.21 Å². The second-order valence-electron chi connectivity index (χ2n) is 5.71. The van der Waals surface area contributed by atoms with E-state index in [9.17, 15) is 4.21 Å². The molecule has 0 fully saturated rings. The summed E-state index contributed by atoms with van der Waals surface area (Å²) in [6.45, 7) is 2.07. The van der Waals surface area contributed by atoms with E-state index in [4.69, 9.17) is 0 Å². The number of rotatable bonds is 5. The van der Waals surface area contributed by atoms with Crippen LogP contribution in [0, 0.1) is 6.92 Å². The molecule has 0 spiro atoms. The van der Waals surface area contributed by atoms with Gasteiger partial charge in [0.25, 0.3) is 0 Å². The van der Waals surface area contributed by atoms with Crippen molar-refractivity contribution in [3.05, 3.63) is 107 Å². The number of aryl methyl sites for hydroxylation is 1. The minimum atomic E-state index is -1.02. The van der Waals surface area contributed by atoms with E-state index in [-0.39, 0.29) is 5.25 Å². The van der Waals surface area contributed by atoms with Gasteiger partial charge in [0.2, 0.25) is 0 Å². The maximum atomic E-state index is 13.1. The van der Waals surface area contributed by atoms with Crippen molar-refractivity contribution >= 4 is 10.8 Å². The maximum Gasteiger partial charge on any atom is 0.0850 e. The molecule has 0 aliphatic carbocycles. The molecule has 0 radical (unpaired) electrons. The fourth-order valence-corrected chi connectivity index (χ4v) is 4.29. The predicted molar refractivity (Wildman–Crippen MR) is 97.8 cm³/mol. The highest BCUT2D eigenvalue weighted by atomic mass is 32.2. The smallest absolute Gasteiger partial charge is 0.0850 e. The molecule has 0 saturated carbocycles. The Labute approximate surface area is 140 Å². The summed E-state index contributed by atoms with van der Waals surface area (Å²) in [5, 5.41) is -0.0984. The Kier molecular flexibility index (Phi) is 5.04. The van der Waals surface area contributed by atoms with Gasteiger partial charge in [0.15, 0.2) is 0 Å². The Bertz CT molecular complexity index is 724. The van der Waals surface area contributed by atoms with Gasteiger partial charge in [-0.1, -0.05) is 90.5 Å². The summed E-state index contributed by atoms with van der Waals surface area (Å²) in [6, 6.07) is 28.6. The Morgan fingerprint density at radius 2 is 1.22 bits per heavy atom. The Morgan fingerprint density at radius 3 is 1.70 bits per heavy atom. The van der Waals surface area contributed by atoms with Crippen molar-refractivity contribution in [3.63, 3.8) is 0 Å². The standard InChI is InChI=1S/C21H20OS/c1-17-12-14-18(15-13-17)16-23(22)21(19-8-4-2-5-9-19)20-10-6-3-7-11-20/h2-15,21H,16H2,1H3. The summed E-state index contributed by atoms with van der Waals surface area (Å²) in [5.41, 5.74) is 4.54. The summed E-state index contributed by atoms with van der Waals surface area (Å²) < 4.78 is 13.1. The van der Waals surface area contributed by atoms with Crippen LogP contribution >= 0.6 is 0 Å². The van der Waals surface area contributed by atoms with E-state index in [0.29, 0.717) is 5.75 Å². The summed E-state index contributed by atoms with van der Waals surface area (Å²) in [5.74, 6) is 0.564. The van der Waals surface area contributed by atoms with E-state index < -0.39 is 10.8 Å². The lowest BCUT2D eigenvalue weighted by atomic mass is 10.0. The summed E-state index contributed by atoms with van der Waals surface area (Å²) in [7, 11) is -1.02. The topological polar surface area (TPSA) is 17.1 Å². The largest absolute Gasteiger partial charge is 0.258 e. The van der Waals surface area contributed by atoms with Crippen molar-refractivity contribution in [1.29, 1.82) is 0 Å². The molecule has 116 valence electrons. The number of hydrogen-bond donors (Lipinski definition) is 0. The number of hydrogen-bond acceptors (Lipinski definition) is 1. The van der Waals surface area contributed by atoms with E-state index in [1.165, 1.54) is 5.56 Å². The van der Waals surface area contributed by atoms with Crippen LogP contribution in [0.3, 0.4) is 0 Å². The van der Waals surface area contributed by atoms with Crippen molar-refractivity contribution < 1.29 is 4.21 Å². The molecule has 0 amide bonds. The molecule has 2 heteroatoms. The third-order valence-electron chi connectivity index (χ3n) is 3.90. The van der Waals surface area contributed by atoms with Crippen LogP contribution in [0.4, 0.5) is 0 Å². The molecular formula is C21H20OS. The number of benzene rings is 3. The molecule has 0 saturated heterocycles. The highest BCUT2D eigenvalue weighted by Gasteiger charge is 2.21. The molecule has 23 heavy (non-hydrogen) atoms. The SMILES string of the molecule is Cc1ccc(CS(=O)C(c2ccccc2)c2ccccc2)cc1. The van der Waals surface area contributed by atoms with E-state index >= 15 is 0 Å². The normalized spacial score (nSPS) is 12.3. The van der Waals surface area contributed by atoms with Crippen LogP contribution in [0.1, 0.15) is 27.5 Å². The van der Waals surface area contributed by atoms with Gasteiger partial charge in [0.05, 0.1) is 5.25 Å². The van der Waals surface area contributed by atoms with Gasteiger partial charge in [-0.25, -0.2) is 0 Å². The van der Waals surface area contributed by atoms with E-state index in [1.807, 2.05) is 36.4 Å². The lowest BCUT2D eigenvalue weighted by molar-refractivity contribution is 0.677. The average Bonchev–Trinajstić information content (AvgIpc) is 2.59. The third-order valence-corrected chi connectivity index (χ3v) is 5.59. The van der Waals surface area contributed by atoms with Gasteiger partial charge in [-0.2, -0.15) is 0 Å². The first-order chi connectivity index (χ1) is 11.2. The fourth-order valence-electron chi connectivity index (χ4n) is 2.68. The summed E-state index contributed by atoms with van der Waals surface area (Å²) in [4.78, 5) is 0. The molecule has 3 aromatic carbocycles. The molecule has 0 aromatic heterocycles. The third kappa shape index (κ3) is 3.96. The van der Waals surface area contributed by atoms with Gasteiger partial charge in [0, 0.05) is 16.6 Å². The van der Waals surface area contributed by atoms with Crippen molar-refractivity contribution in [1.82, 2.24) is 0 Å². The van der Waals surface area contributed by atoms with Crippen LogP contribution in [0.15, 0.2) is 84.9 Å². The lowest BCUT2D eigenvalue weighted by Crippen LogP contribution is -2.10. The Balaban J connectivity index is 1.92. The van der Waals surface area contributed by atoms with Crippen LogP contribution in [0.2, 0.25) is 0 Å². The molecule has 0 aliphatic rings. The van der Waals surface area contributed by atoms with Crippen LogP contribution in [-0.4, -0.2) is 4.21 Å². The molecule has 0 aliphatic heterocycles. The Hall–Kier alpha value is -2.19. The van der Waals surface area contributed by atoms with Gasteiger partial charge in [-0.15, -0.1) is 0 Å². The van der Waals surface area contributed by atoms with Crippen molar-refractivity contribution in [2.24, 2.45) is 0 Å². The Morgan fingerprint density at radius 1 is 0.739 bits per heavy atom. The van der Waals surface area contributed by atoms with E-state index in [0.717, 1.165) is 16.7 Å². The summed E-state index contributed by atoms with van der Waals surface area (Å²) in [6.07, 6.45) is 0. The maximum absolute atomic E-state index is 13.1. The minimum absolute atomic E-state index is 0.0984. The minimum Gasteiger partial charge on any atom is -0.258 e. The lowest BCUT2D eigenvalue weighted by Gasteiger charge is -2.18. The second-order valence-corrected chi connectivity index (χ2v) is 7.23. The molecule has 1 atom stereocenters. The van der Waals surface area contributed by atoms with Gasteiger partial charge < -0.3 is 0 Å². The van der Waals surface area contributed by atoms with Gasteiger partial charge in [-0.05, 0) is 23.6 Å². The monoisotopic (exact) mass is 320 g/mol. The van der Waals surface area contributed by atoms with Crippen LogP contribution in [0.25, 0.3) is 0 Å². The first-order valence-corrected chi connectivity index (χ1v) is 9.15. The second kappa shape index (κ2) is 7.38. The van der Waals surface area contributed by atoms with Crippen LogP contribution in [-0.2, 0) is 16.6 Å². The molecule has 3 rings (SSSR count). The van der Waals surface area contributed by atoms with Crippen molar-refractivity contribution in [2.45, 2.75) is 17.9 Å². The highest BCUT2D eigenvalue weighted by molar-refractivity contribution is 7.84. The van der Waals surface area contributed by atoms with Crippen molar-refractivity contribution in [3.8, 4) is 0 Å². The van der Waals surface area contributed by atoms with Gasteiger partial charge >= 0.3 is 0 Å². The zero-order valence-corrected chi connectivity index (χ0v) is 14.0. The predicted octanol–water partition coefficient (Wildman–Crippen LogP) is 5.03. The van der Waals surface area contributed by atoms with Crippen LogP contribution < -0.4 is 0 Å². The molecule has 0 heterocycles. The zero-order valence-electron chi connectivity index (χ0n) is 13.2. The molecule has 3 aromatic rings. The van der Waals surface area contributed by atoms with Crippen molar-refractivity contribution in [2.75, 3.05) is 0 Å². The highest BCUT2D eigenvalue weighted by Crippen LogP contribution is 2.29.